The Hall–Kier alpha value is -3.85. The van der Waals surface area contributed by atoms with Crippen molar-refractivity contribution in [3.05, 3.63) is 82.9 Å². The minimum atomic E-state index is 0.0275. The lowest BCUT2D eigenvalue weighted by Crippen LogP contribution is -2.48. The number of nitrogens with zero attached hydrogens (tertiary/aromatic N) is 4. The van der Waals surface area contributed by atoms with Gasteiger partial charge in [0.2, 0.25) is 17.5 Å². The minimum Gasteiger partial charge on any atom is -0.420 e. The average Bonchev–Trinajstić information content (AvgIpc) is 3.26. The molecule has 0 spiro atoms. The third-order valence-electron chi connectivity index (χ3n) is 5.80. The molecule has 1 aliphatic rings. The van der Waals surface area contributed by atoms with Gasteiger partial charge in [0.25, 0.3) is 5.91 Å². The van der Waals surface area contributed by atoms with Crippen molar-refractivity contribution < 1.29 is 9.21 Å². The second kappa shape index (κ2) is 9.33. The summed E-state index contributed by atoms with van der Waals surface area (Å²) in [5.41, 5.74) is 3.24. The van der Waals surface area contributed by atoms with Gasteiger partial charge in [-0.25, -0.2) is 0 Å². The largest absolute Gasteiger partial charge is 0.420 e. The van der Waals surface area contributed by atoms with Gasteiger partial charge in [0.1, 0.15) is 6.07 Å². The topological polar surface area (TPSA) is 73.4 Å². The lowest BCUT2D eigenvalue weighted by atomic mass is 9.86. The van der Waals surface area contributed by atoms with Crippen LogP contribution in [0.15, 0.2) is 59.0 Å². The van der Waals surface area contributed by atoms with Crippen LogP contribution < -0.4 is 4.90 Å². The van der Waals surface area contributed by atoms with E-state index in [0.29, 0.717) is 43.5 Å². The van der Waals surface area contributed by atoms with Gasteiger partial charge in [-0.1, -0.05) is 63.2 Å². The monoisotopic (exact) mass is 440 g/mol. The van der Waals surface area contributed by atoms with Gasteiger partial charge in [0.05, 0.1) is 0 Å². The Kier molecular flexibility index (Phi) is 6.32. The molecule has 1 saturated heterocycles. The second-order valence-electron chi connectivity index (χ2n) is 9.17. The van der Waals surface area contributed by atoms with Crippen molar-refractivity contribution in [3.8, 4) is 6.07 Å². The minimum absolute atomic E-state index is 0.0275. The number of nitriles is 1. The van der Waals surface area contributed by atoms with Crippen LogP contribution in [0.1, 0.15) is 53.8 Å². The van der Waals surface area contributed by atoms with Gasteiger partial charge in [-0.05, 0) is 34.8 Å². The second-order valence-corrected chi connectivity index (χ2v) is 9.17. The molecular weight excluding hydrogens is 412 g/mol. The summed E-state index contributed by atoms with van der Waals surface area (Å²) in [6, 6.07) is 19.8. The molecule has 0 radical (unpaired) electrons. The van der Waals surface area contributed by atoms with E-state index in [1.165, 1.54) is 5.56 Å². The van der Waals surface area contributed by atoms with Crippen LogP contribution in [0.25, 0.3) is 12.2 Å². The summed E-state index contributed by atoms with van der Waals surface area (Å²) in [7, 11) is 0. The van der Waals surface area contributed by atoms with E-state index in [2.05, 4.69) is 31.8 Å². The molecule has 2 heterocycles. The maximum absolute atomic E-state index is 13.0. The van der Waals surface area contributed by atoms with Crippen molar-refractivity contribution in [2.24, 2.45) is 0 Å². The first-order valence-corrected chi connectivity index (χ1v) is 11.1. The number of anilines is 1. The summed E-state index contributed by atoms with van der Waals surface area (Å²) >= 11 is 0. The number of aromatic nitrogens is 1. The van der Waals surface area contributed by atoms with E-state index < -0.39 is 0 Å². The first-order valence-electron chi connectivity index (χ1n) is 11.1. The van der Waals surface area contributed by atoms with Gasteiger partial charge in [0.15, 0.2) is 0 Å². The van der Waals surface area contributed by atoms with Crippen LogP contribution in [-0.4, -0.2) is 42.0 Å². The summed E-state index contributed by atoms with van der Waals surface area (Å²) in [4.78, 5) is 21.1. The molecule has 33 heavy (non-hydrogen) atoms. The Bertz CT molecular complexity index is 1170. The predicted molar refractivity (Wildman–Crippen MR) is 130 cm³/mol. The number of hydrogen-bond acceptors (Lipinski definition) is 5. The molecule has 1 aliphatic heterocycles. The molecule has 1 amide bonds. The normalized spacial score (nSPS) is 14.5. The molecule has 168 valence electrons. The molecule has 1 aromatic heterocycles. The van der Waals surface area contributed by atoms with Crippen molar-refractivity contribution in [2.75, 3.05) is 31.1 Å². The van der Waals surface area contributed by atoms with Crippen LogP contribution in [0.2, 0.25) is 0 Å². The molecule has 0 bridgehead atoms. The number of carbonyl (C=O) groups is 1. The lowest BCUT2D eigenvalue weighted by Gasteiger charge is -2.34. The first-order chi connectivity index (χ1) is 15.8. The Morgan fingerprint density at radius 1 is 1.00 bits per heavy atom. The fourth-order valence-electron chi connectivity index (χ4n) is 3.83. The van der Waals surface area contributed by atoms with Crippen LogP contribution in [-0.2, 0) is 5.41 Å². The van der Waals surface area contributed by atoms with E-state index in [1.54, 1.807) is 6.08 Å². The fourth-order valence-corrected chi connectivity index (χ4v) is 3.83. The van der Waals surface area contributed by atoms with Crippen molar-refractivity contribution >= 4 is 23.9 Å². The standard InChI is InChI=1S/C27H28N4O2/c1-27(2,3)22-12-10-21(11-13-22)25(32)30-15-17-31(18-16-30)26-23(19-28)29-24(33-26)14-9-20-7-5-4-6-8-20/h4-14H,15-18H2,1-3H3/b14-9+. The van der Waals surface area contributed by atoms with Crippen molar-refractivity contribution in [3.63, 3.8) is 0 Å². The van der Waals surface area contributed by atoms with Gasteiger partial charge < -0.3 is 14.2 Å². The van der Waals surface area contributed by atoms with E-state index >= 15 is 0 Å². The first kappa shape index (κ1) is 22.3. The highest BCUT2D eigenvalue weighted by atomic mass is 16.4. The van der Waals surface area contributed by atoms with E-state index in [-0.39, 0.29) is 17.0 Å². The van der Waals surface area contributed by atoms with E-state index in [1.807, 2.05) is 70.5 Å². The highest BCUT2D eigenvalue weighted by molar-refractivity contribution is 5.94. The molecule has 0 aliphatic carbocycles. The molecule has 6 nitrogen and oxygen atoms in total. The summed E-state index contributed by atoms with van der Waals surface area (Å²) in [6.07, 6.45) is 3.67. The molecule has 0 atom stereocenters. The summed E-state index contributed by atoms with van der Waals surface area (Å²) in [5.74, 6) is 0.884. The smallest absolute Gasteiger partial charge is 0.253 e. The zero-order valence-electron chi connectivity index (χ0n) is 19.3. The van der Waals surface area contributed by atoms with E-state index in [9.17, 15) is 10.1 Å². The maximum atomic E-state index is 13.0. The average molecular weight is 441 g/mol. The van der Waals surface area contributed by atoms with E-state index in [0.717, 1.165) is 5.56 Å². The van der Waals surface area contributed by atoms with Crippen LogP contribution in [0.3, 0.4) is 0 Å². The Morgan fingerprint density at radius 3 is 2.27 bits per heavy atom. The van der Waals surface area contributed by atoms with E-state index in [4.69, 9.17) is 4.42 Å². The third-order valence-corrected chi connectivity index (χ3v) is 5.80. The van der Waals surface area contributed by atoms with Gasteiger partial charge >= 0.3 is 0 Å². The molecule has 4 rings (SSSR count). The number of carbonyl (C=O) groups excluding carboxylic acids is 1. The van der Waals surface area contributed by atoms with Crippen LogP contribution in [0, 0.1) is 11.3 Å². The number of oxazole rings is 1. The number of amides is 1. The maximum Gasteiger partial charge on any atom is 0.253 e. The summed E-state index contributed by atoms with van der Waals surface area (Å²) < 4.78 is 5.89. The number of benzene rings is 2. The van der Waals surface area contributed by atoms with Crippen molar-refractivity contribution in [1.29, 1.82) is 5.26 Å². The summed E-state index contributed by atoms with van der Waals surface area (Å²) in [6.45, 7) is 8.75. The highest BCUT2D eigenvalue weighted by Gasteiger charge is 2.26. The molecule has 0 unspecified atom stereocenters. The SMILES string of the molecule is CC(C)(C)c1ccc(C(=O)N2CCN(c3oc(/C=C/c4ccccc4)nc3C#N)CC2)cc1. The Balaban J connectivity index is 1.41. The quantitative estimate of drug-likeness (QED) is 0.572. The zero-order valence-corrected chi connectivity index (χ0v) is 19.3. The van der Waals surface area contributed by atoms with Gasteiger partial charge in [-0.15, -0.1) is 0 Å². The van der Waals surface area contributed by atoms with Crippen molar-refractivity contribution in [1.82, 2.24) is 9.88 Å². The molecule has 2 aromatic carbocycles. The van der Waals surface area contributed by atoms with Crippen LogP contribution in [0.5, 0.6) is 0 Å². The third kappa shape index (κ3) is 5.15. The molecule has 1 fully saturated rings. The van der Waals surface area contributed by atoms with Gasteiger partial charge in [0, 0.05) is 37.8 Å². The summed E-state index contributed by atoms with van der Waals surface area (Å²) in [5, 5.41) is 9.53. The number of rotatable bonds is 4. The number of piperazine rings is 1. The molecule has 3 aromatic rings. The molecule has 0 saturated carbocycles. The predicted octanol–water partition coefficient (Wildman–Crippen LogP) is 4.98. The zero-order chi connectivity index (χ0) is 23.4. The van der Waals surface area contributed by atoms with Crippen molar-refractivity contribution in [2.45, 2.75) is 26.2 Å². The highest BCUT2D eigenvalue weighted by Crippen LogP contribution is 2.25. The number of hydrogen-bond donors (Lipinski definition) is 0. The lowest BCUT2D eigenvalue weighted by molar-refractivity contribution is 0.0745. The Morgan fingerprint density at radius 2 is 1.67 bits per heavy atom. The molecular formula is C27H28N4O2. The molecule has 0 N–H and O–H groups in total. The molecule has 6 heteroatoms. The van der Waals surface area contributed by atoms with Crippen LogP contribution in [0.4, 0.5) is 5.88 Å². The van der Waals surface area contributed by atoms with Crippen LogP contribution >= 0.6 is 0 Å². The van der Waals surface area contributed by atoms with Gasteiger partial charge in [-0.3, -0.25) is 4.79 Å². The Labute approximate surface area is 194 Å². The van der Waals surface area contributed by atoms with Gasteiger partial charge in [-0.2, -0.15) is 10.2 Å². The fraction of sp³-hybridized carbons (Fsp3) is 0.296.